The molecule has 1 aliphatic carbocycles. The standard InChI is InChI=1S/C13H23NO2/c1-9(2)10(3)6-13(16)14-12-5-4-11(7-12)8-15/h4-5,9-12,15H,6-8H2,1-3H3,(H,14,16)/t10?,11-,12+/m0/s1. The molecule has 1 unspecified atom stereocenters. The third-order valence-corrected chi connectivity index (χ3v) is 3.40. The molecule has 3 nitrogen and oxygen atoms in total. The van der Waals surface area contributed by atoms with Crippen molar-refractivity contribution < 1.29 is 9.90 Å². The van der Waals surface area contributed by atoms with Crippen molar-refractivity contribution >= 4 is 5.91 Å². The second-order valence-electron chi connectivity index (χ2n) is 5.16. The first-order valence-corrected chi connectivity index (χ1v) is 6.11. The molecule has 0 aromatic heterocycles. The highest BCUT2D eigenvalue weighted by Crippen LogP contribution is 2.18. The average molecular weight is 225 g/mol. The Hall–Kier alpha value is -0.830. The first-order chi connectivity index (χ1) is 7.52. The van der Waals surface area contributed by atoms with E-state index in [-0.39, 0.29) is 24.5 Å². The van der Waals surface area contributed by atoms with Crippen LogP contribution in [-0.4, -0.2) is 23.7 Å². The normalized spacial score (nSPS) is 26.1. The van der Waals surface area contributed by atoms with Gasteiger partial charge in [-0.15, -0.1) is 0 Å². The van der Waals surface area contributed by atoms with Crippen molar-refractivity contribution in [1.29, 1.82) is 0 Å². The Labute approximate surface area is 97.9 Å². The maximum absolute atomic E-state index is 11.7. The van der Waals surface area contributed by atoms with E-state index in [1.807, 2.05) is 12.2 Å². The van der Waals surface area contributed by atoms with Gasteiger partial charge in [0.2, 0.25) is 5.91 Å². The summed E-state index contributed by atoms with van der Waals surface area (Å²) in [7, 11) is 0. The van der Waals surface area contributed by atoms with E-state index in [1.54, 1.807) is 0 Å². The van der Waals surface area contributed by atoms with Crippen molar-refractivity contribution in [2.75, 3.05) is 6.61 Å². The van der Waals surface area contributed by atoms with Crippen molar-refractivity contribution in [3.63, 3.8) is 0 Å². The predicted molar refractivity (Wildman–Crippen MR) is 64.9 cm³/mol. The molecule has 3 atom stereocenters. The first-order valence-electron chi connectivity index (χ1n) is 6.11. The lowest BCUT2D eigenvalue weighted by atomic mass is 9.94. The summed E-state index contributed by atoms with van der Waals surface area (Å²) in [6, 6.07) is 0.115. The summed E-state index contributed by atoms with van der Waals surface area (Å²) in [5, 5.41) is 12.0. The third kappa shape index (κ3) is 3.97. The quantitative estimate of drug-likeness (QED) is 0.700. The average Bonchev–Trinajstić information content (AvgIpc) is 2.65. The van der Waals surface area contributed by atoms with Crippen LogP contribution in [0.3, 0.4) is 0 Å². The van der Waals surface area contributed by atoms with E-state index in [9.17, 15) is 4.79 Å². The zero-order valence-electron chi connectivity index (χ0n) is 10.4. The van der Waals surface area contributed by atoms with Gasteiger partial charge in [-0.3, -0.25) is 4.79 Å². The topological polar surface area (TPSA) is 49.3 Å². The molecule has 0 saturated carbocycles. The second kappa shape index (κ2) is 6.04. The Balaban J connectivity index is 2.28. The monoisotopic (exact) mass is 225 g/mol. The van der Waals surface area contributed by atoms with Crippen LogP contribution in [0.25, 0.3) is 0 Å². The zero-order valence-corrected chi connectivity index (χ0v) is 10.4. The van der Waals surface area contributed by atoms with Gasteiger partial charge in [-0.05, 0) is 18.3 Å². The summed E-state index contributed by atoms with van der Waals surface area (Å²) in [4.78, 5) is 11.7. The fourth-order valence-electron chi connectivity index (χ4n) is 1.81. The van der Waals surface area contributed by atoms with Crippen LogP contribution in [0.1, 0.15) is 33.6 Å². The minimum absolute atomic E-state index is 0.115. The summed E-state index contributed by atoms with van der Waals surface area (Å²) >= 11 is 0. The molecule has 1 amide bonds. The van der Waals surface area contributed by atoms with Crippen LogP contribution in [0.5, 0.6) is 0 Å². The zero-order chi connectivity index (χ0) is 12.1. The Bertz CT molecular complexity index is 261. The van der Waals surface area contributed by atoms with Gasteiger partial charge in [-0.25, -0.2) is 0 Å². The highest BCUT2D eigenvalue weighted by Gasteiger charge is 2.20. The molecular weight excluding hydrogens is 202 g/mol. The third-order valence-electron chi connectivity index (χ3n) is 3.40. The first kappa shape index (κ1) is 13.2. The Morgan fingerprint density at radius 1 is 1.44 bits per heavy atom. The molecule has 0 aliphatic heterocycles. The van der Waals surface area contributed by atoms with Crippen molar-refractivity contribution in [2.24, 2.45) is 17.8 Å². The maximum Gasteiger partial charge on any atom is 0.220 e. The van der Waals surface area contributed by atoms with E-state index in [1.165, 1.54) is 0 Å². The maximum atomic E-state index is 11.7. The van der Waals surface area contributed by atoms with Gasteiger partial charge in [-0.1, -0.05) is 32.9 Å². The van der Waals surface area contributed by atoms with Crippen LogP contribution in [0.2, 0.25) is 0 Å². The van der Waals surface area contributed by atoms with Gasteiger partial charge in [0.25, 0.3) is 0 Å². The molecule has 0 aromatic rings. The molecule has 0 radical (unpaired) electrons. The molecule has 0 aromatic carbocycles. The molecule has 1 rings (SSSR count). The molecule has 0 bridgehead atoms. The van der Waals surface area contributed by atoms with E-state index in [4.69, 9.17) is 5.11 Å². The van der Waals surface area contributed by atoms with Crippen LogP contribution >= 0.6 is 0 Å². The number of nitrogens with one attached hydrogen (secondary N) is 1. The molecule has 3 heteroatoms. The van der Waals surface area contributed by atoms with Gasteiger partial charge in [0.15, 0.2) is 0 Å². The van der Waals surface area contributed by atoms with Crippen molar-refractivity contribution in [2.45, 2.75) is 39.7 Å². The molecule has 0 spiro atoms. The second-order valence-corrected chi connectivity index (χ2v) is 5.16. The smallest absolute Gasteiger partial charge is 0.220 e. The summed E-state index contributed by atoms with van der Waals surface area (Å²) in [5.74, 6) is 1.29. The van der Waals surface area contributed by atoms with Crippen molar-refractivity contribution in [3.05, 3.63) is 12.2 Å². The molecule has 0 fully saturated rings. The number of carbonyl (C=O) groups is 1. The van der Waals surface area contributed by atoms with Gasteiger partial charge < -0.3 is 10.4 Å². The molecule has 0 heterocycles. The van der Waals surface area contributed by atoms with Gasteiger partial charge >= 0.3 is 0 Å². The van der Waals surface area contributed by atoms with Crippen molar-refractivity contribution in [1.82, 2.24) is 5.32 Å². The van der Waals surface area contributed by atoms with Gasteiger partial charge in [0, 0.05) is 25.0 Å². The lowest BCUT2D eigenvalue weighted by molar-refractivity contribution is -0.122. The number of amides is 1. The highest BCUT2D eigenvalue weighted by molar-refractivity contribution is 5.76. The fourth-order valence-corrected chi connectivity index (χ4v) is 1.81. The van der Waals surface area contributed by atoms with E-state index >= 15 is 0 Å². The highest BCUT2D eigenvalue weighted by atomic mass is 16.3. The SMILES string of the molecule is CC(C)C(C)CC(=O)N[C@@H]1C=C[C@H](CO)C1. The number of aliphatic hydroxyl groups is 1. The summed E-state index contributed by atoms with van der Waals surface area (Å²) in [6.07, 6.45) is 5.39. The predicted octanol–water partition coefficient (Wildman–Crippen LogP) is 1.72. The molecule has 16 heavy (non-hydrogen) atoms. The Kier molecular flexibility index (Phi) is 5.00. The fraction of sp³-hybridized carbons (Fsp3) is 0.769. The Morgan fingerprint density at radius 3 is 2.62 bits per heavy atom. The van der Waals surface area contributed by atoms with Crippen LogP contribution in [-0.2, 0) is 4.79 Å². The minimum atomic E-state index is 0.115. The summed E-state index contributed by atoms with van der Waals surface area (Å²) in [6.45, 7) is 6.54. The number of carbonyl (C=O) groups excluding carboxylic acids is 1. The van der Waals surface area contributed by atoms with Gasteiger partial charge in [0.1, 0.15) is 0 Å². The summed E-state index contributed by atoms with van der Waals surface area (Å²) in [5.41, 5.74) is 0. The van der Waals surface area contributed by atoms with E-state index in [2.05, 4.69) is 26.1 Å². The molecule has 92 valence electrons. The van der Waals surface area contributed by atoms with Gasteiger partial charge in [-0.2, -0.15) is 0 Å². The van der Waals surface area contributed by atoms with Crippen LogP contribution in [0.15, 0.2) is 12.2 Å². The van der Waals surface area contributed by atoms with E-state index in [0.29, 0.717) is 18.3 Å². The van der Waals surface area contributed by atoms with E-state index < -0.39 is 0 Å². The summed E-state index contributed by atoms with van der Waals surface area (Å²) < 4.78 is 0. The number of aliphatic hydroxyl groups excluding tert-OH is 1. The minimum Gasteiger partial charge on any atom is -0.396 e. The van der Waals surface area contributed by atoms with Gasteiger partial charge in [0.05, 0.1) is 0 Å². The van der Waals surface area contributed by atoms with Crippen molar-refractivity contribution in [3.8, 4) is 0 Å². The van der Waals surface area contributed by atoms with Crippen LogP contribution in [0, 0.1) is 17.8 Å². The number of hydrogen-bond acceptors (Lipinski definition) is 2. The molecular formula is C13H23NO2. The van der Waals surface area contributed by atoms with E-state index in [0.717, 1.165) is 6.42 Å². The Morgan fingerprint density at radius 2 is 2.12 bits per heavy atom. The molecule has 0 saturated heterocycles. The van der Waals surface area contributed by atoms with Crippen LogP contribution < -0.4 is 5.32 Å². The lowest BCUT2D eigenvalue weighted by Crippen LogP contribution is -2.34. The van der Waals surface area contributed by atoms with Crippen LogP contribution in [0.4, 0.5) is 0 Å². The number of hydrogen-bond donors (Lipinski definition) is 2. The lowest BCUT2D eigenvalue weighted by Gasteiger charge is -2.17. The molecule has 2 N–H and O–H groups in total. The molecule has 1 aliphatic rings. The number of rotatable bonds is 5. The largest absolute Gasteiger partial charge is 0.396 e.